The molecule has 62 valence electrons. The molecule has 0 atom stereocenters. The Bertz CT molecular complexity index is 351. The van der Waals surface area contributed by atoms with E-state index in [1.807, 2.05) is 6.07 Å². The average Bonchev–Trinajstić information content (AvgIpc) is 2.75. The van der Waals surface area contributed by atoms with Gasteiger partial charge < -0.3 is 5.43 Å². The van der Waals surface area contributed by atoms with Crippen molar-refractivity contribution in [2.45, 2.75) is 0 Å². The van der Waals surface area contributed by atoms with Crippen LogP contribution in [0.15, 0.2) is 29.0 Å². The van der Waals surface area contributed by atoms with Crippen LogP contribution in [0.1, 0.15) is 0 Å². The first-order chi connectivity index (χ1) is 5.90. The van der Waals surface area contributed by atoms with Crippen LogP contribution in [0.3, 0.4) is 0 Å². The minimum atomic E-state index is 0.999. The van der Waals surface area contributed by atoms with Gasteiger partial charge >= 0.3 is 0 Å². The largest absolute Gasteiger partial charge is 0.315 e. The first-order valence-corrected chi connectivity index (χ1v) is 5.25. The third-order valence-electron chi connectivity index (χ3n) is 1.55. The van der Waals surface area contributed by atoms with Gasteiger partial charge in [0.2, 0.25) is 0 Å². The second-order valence-electron chi connectivity index (χ2n) is 2.32. The van der Waals surface area contributed by atoms with Gasteiger partial charge in [-0.05, 0) is 17.5 Å². The fourth-order valence-electron chi connectivity index (χ4n) is 0.984. The minimum absolute atomic E-state index is 0.999. The Hall–Kier alpha value is -0.840. The van der Waals surface area contributed by atoms with Gasteiger partial charge in [-0.3, -0.25) is 0 Å². The lowest BCUT2D eigenvalue weighted by atomic mass is 10.3. The number of hydrogen-bond acceptors (Lipinski definition) is 4. The van der Waals surface area contributed by atoms with Gasteiger partial charge in [-0.25, -0.2) is 5.84 Å². The molecule has 2 rings (SSSR count). The van der Waals surface area contributed by atoms with Crippen molar-refractivity contribution in [3.63, 3.8) is 0 Å². The SMILES string of the molecule is NNc1cc(-c2cccs2)cs1. The van der Waals surface area contributed by atoms with Crippen molar-refractivity contribution < 1.29 is 0 Å². The van der Waals surface area contributed by atoms with E-state index in [9.17, 15) is 0 Å². The molecule has 4 heteroatoms. The molecule has 0 saturated carbocycles. The molecule has 2 heterocycles. The third kappa shape index (κ3) is 1.36. The summed E-state index contributed by atoms with van der Waals surface area (Å²) in [6, 6.07) is 6.21. The topological polar surface area (TPSA) is 38.0 Å². The van der Waals surface area contributed by atoms with Crippen molar-refractivity contribution in [1.29, 1.82) is 0 Å². The van der Waals surface area contributed by atoms with Crippen LogP contribution < -0.4 is 11.3 Å². The van der Waals surface area contributed by atoms with Crippen molar-refractivity contribution in [3.8, 4) is 10.4 Å². The summed E-state index contributed by atoms with van der Waals surface area (Å²) in [4.78, 5) is 1.28. The Kier molecular flexibility index (Phi) is 2.12. The maximum absolute atomic E-state index is 5.28. The zero-order valence-corrected chi connectivity index (χ0v) is 7.91. The van der Waals surface area contributed by atoms with E-state index in [0.29, 0.717) is 0 Å². The molecule has 0 aliphatic rings. The van der Waals surface area contributed by atoms with E-state index in [4.69, 9.17) is 5.84 Å². The predicted octanol–water partition coefficient (Wildman–Crippen LogP) is 2.76. The maximum Gasteiger partial charge on any atom is 0.103 e. The monoisotopic (exact) mass is 196 g/mol. The van der Waals surface area contributed by atoms with Gasteiger partial charge in [-0.2, -0.15) is 0 Å². The zero-order valence-electron chi connectivity index (χ0n) is 6.28. The standard InChI is InChI=1S/C8H8N2S2/c9-10-8-4-6(5-12-8)7-2-1-3-11-7/h1-5,10H,9H2. The van der Waals surface area contributed by atoms with Crippen LogP contribution in [-0.2, 0) is 0 Å². The van der Waals surface area contributed by atoms with Gasteiger partial charge in [0, 0.05) is 15.8 Å². The van der Waals surface area contributed by atoms with Crippen molar-refractivity contribution >= 4 is 27.7 Å². The lowest BCUT2D eigenvalue weighted by molar-refractivity contribution is 1.39. The number of thiophene rings is 2. The molecule has 2 nitrogen and oxygen atoms in total. The van der Waals surface area contributed by atoms with Gasteiger partial charge in [0.15, 0.2) is 0 Å². The summed E-state index contributed by atoms with van der Waals surface area (Å²) >= 11 is 3.36. The molecule has 12 heavy (non-hydrogen) atoms. The van der Waals surface area contributed by atoms with Gasteiger partial charge in [0.25, 0.3) is 0 Å². The van der Waals surface area contributed by atoms with Crippen LogP contribution >= 0.6 is 22.7 Å². The maximum atomic E-state index is 5.28. The van der Waals surface area contributed by atoms with Crippen molar-refractivity contribution in [3.05, 3.63) is 29.0 Å². The first-order valence-electron chi connectivity index (χ1n) is 3.49. The lowest BCUT2D eigenvalue weighted by Gasteiger charge is -1.89. The van der Waals surface area contributed by atoms with Crippen molar-refractivity contribution in [2.24, 2.45) is 5.84 Å². The molecule has 2 aromatic rings. The Morgan fingerprint density at radius 3 is 2.83 bits per heavy atom. The molecule has 0 aliphatic heterocycles. The first kappa shape index (κ1) is 7.79. The van der Waals surface area contributed by atoms with Crippen LogP contribution in [0.25, 0.3) is 10.4 Å². The second-order valence-corrected chi connectivity index (χ2v) is 4.18. The van der Waals surface area contributed by atoms with E-state index in [-0.39, 0.29) is 0 Å². The lowest BCUT2D eigenvalue weighted by Crippen LogP contribution is -2.04. The molecule has 0 saturated heterocycles. The Morgan fingerprint density at radius 1 is 1.33 bits per heavy atom. The highest BCUT2D eigenvalue weighted by molar-refractivity contribution is 7.16. The normalized spacial score (nSPS) is 10.1. The van der Waals surface area contributed by atoms with Crippen LogP contribution in [0, 0.1) is 0 Å². The summed E-state index contributed by atoms with van der Waals surface area (Å²) in [6.45, 7) is 0. The quantitative estimate of drug-likeness (QED) is 0.572. The fraction of sp³-hybridized carbons (Fsp3) is 0. The summed E-state index contributed by atoms with van der Waals surface area (Å²) in [5, 5.41) is 5.17. The highest BCUT2D eigenvalue weighted by atomic mass is 32.1. The number of nitrogens with one attached hydrogen (secondary N) is 1. The molecule has 0 aromatic carbocycles. The molecule has 2 aromatic heterocycles. The molecule has 0 unspecified atom stereocenters. The number of hydrazine groups is 1. The summed E-state index contributed by atoms with van der Waals surface area (Å²) in [6.07, 6.45) is 0. The molecular formula is C8H8N2S2. The van der Waals surface area contributed by atoms with Gasteiger partial charge in [-0.1, -0.05) is 6.07 Å². The Labute approximate surface area is 78.6 Å². The van der Waals surface area contributed by atoms with Crippen LogP contribution in [0.5, 0.6) is 0 Å². The second kappa shape index (κ2) is 3.26. The van der Waals surface area contributed by atoms with Crippen molar-refractivity contribution in [2.75, 3.05) is 5.43 Å². The van der Waals surface area contributed by atoms with E-state index in [1.165, 1.54) is 10.4 Å². The number of rotatable bonds is 2. The highest BCUT2D eigenvalue weighted by Crippen LogP contribution is 2.31. The molecule has 0 spiro atoms. The minimum Gasteiger partial charge on any atom is -0.315 e. The summed E-state index contributed by atoms with van der Waals surface area (Å²) in [5.74, 6) is 5.28. The molecule has 0 bridgehead atoms. The Morgan fingerprint density at radius 2 is 2.25 bits per heavy atom. The Balaban J connectivity index is 2.35. The van der Waals surface area contributed by atoms with Crippen LogP contribution in [0.2, 0.25) is 0 Å². The van der Waals surface area contributed by atoms with E-state index in [2.05, 4.69) is 28.3 Å². The zero-order chi connectivity index (χ0) is 8.39. The van der Waals surface area contributed by atoms with E-state index >= 15 is 0 Å². The van der Waals surface area contributed by atoms with Gasteiger partial charge in [0.05, 0.1) is 0 Å². The van der Waals surface area contributed by atoms with Crippen molar-refractivity contribution in [1.82, 2.24) is 0 Å². The van der Waals surface area contributed by atoms with E-state index < -0.39 is 0 Å². The molecule has 0 amide bonds. The number of nitrogen functional groups attached to an aromatic ring is 1. The van der Waals surface area contributed by atoms with E-state index in [0.717, 1.165) is 5.00 Å². The summed E-state index contributed by atoms with van der Waals surface area (Å²) < 4.78 is 0. The number of hydrogen-bond donors (Lipinski definition) is 2. The molecule has 0 radical (unpaired) electrons. The predicted molar refractivity (Wildman–Crippen MR) is 55.4 cm³/mol. The van der Waals surface area contributed by atoms with Crippen LogP contribution in [0.4, 0.5) is 5.00 Å². The molecule has 0 aliphatic carbocycles. The fourth-order valence-corrected chi connectivity index (χ4v) is 2.49. The summed E-state index contributed by atoms with van der Waals surface area (Å²) in [7, 11) is 0. The number of nitrogens with two attached hydrogens (primary N) is 1. The highest BCUT2D eigenvalue weighted by Gasteiger charge is 2.00. The third-order valence-corrected chi connectivity index (χ3v) is 3.33. The molecule has 0 fully saturated rings. The smallest absolute Gasteiger partial charge is 0.103 e. The molecule has 3 N–H and O–H groups in total. The van der Waals surface area contributed by atoms with Crippen LogP contribution in [-0.4, -0.2) is 0 Å². The van der Waals surface area contributed by atoms with Gasteiger partial charge in [0.1, 0.15) is 5.00 Å². The summed E-state index contributed by atoms with van der Waals surface area (Å²) in [5.41, 5.74) is 3.87. The van der Waals surface area contributed by atoms with Gasteiger partial charge in [-0.15, -0.1) is 22.7 Å². The van der Waals surface area contributed by atoms with E-state index in [1.54, 1.807) is 22.7 Å². The number of anilines is 1. The average molecular weight is 196 g/mol. The molecular weight excluding hydrogens is 188 g/mol.